The zero-order chi connectivity index (χ0) is 17.7. The van der Waals surface area contributed by atoms with Crippen molar-refractivity contribution >= 4 is 28.9 Å². The van der Waals surface area contributed by atoms with Crippen LogP contribution in [0.25, 0.3) is 0 Å². The van der Waals surface area contributed by atoms with Gasteiger partial charge in [-0.05, 0) is 24.3 Å². The van der Waals surface area contributed by atoms with E-state index in [0.717, 1.165) is 5.69 Å². The number of pyridine rings is 1. The fourth-order valence-electron chi connectivity index (χ4n) is 2.21. The molecular weight excluding hydrogens is 304 g/mol. The van der Waals surface area contributed by atoms with Gasteiger partial charge >= 0.3 is 0 Å². The Morgan fingerprint density at radius 2 is 1.46 bits per heavy atom. The molecule has 0 aliphatic heterocycles. The van der Waals surface area contributed by atoms with Gasteiger partial charge in [0.1, 0.15) is 0 Å². The molecule has 2 N–H and O–H groups in total. The molecule has 0 bridgehead atoms. The largest absolute Gasteiger partial charge is 0.377 e. The van der Waals surface area contributed by atoms with Gasteiger partial charge in [-0.3, -0.25) is 9.59 Å². The molecule has 2 rings (SSSR count). The number of anilines is 3. The molecular formula is C18H23N4O2+. The van der Waals surface area contributed by atoms with E-state index in [2.05, 4.69) is 10.6 Å². The first-order valence-corrected chi connectivity index (χ1v) is 7.73. The molecule has 0 aliphatic carbocycles. The summed E-state index contributed by atoms with van der Waals surface area (Å²) in [5.74, 6) is -0.233. The molecule has 0 fully saturated rings. The minimum atomic E-state index is -0.337. The Morgan fingerprint density at radius 3 is 1.92 bits per heavy atom. The number of nitrogens with zero attached hydrogens (tertiary/aromatic N) is 2. The maximum absolute atomic E-state index is 12.4. The number of carbonyl (C=O) groups is 2. The second-order valence-corrected chi connectivity index (χ2v) is 5.82. The summed E-state index contributed by atoms with van der Waals surface area (Å²) < 4.78 is 1.86. The molecule has 1 aromatic heterocycles. The van der Waals surface area contributed by atoms with E-state index in [4.69, 9.17) is 0 Å². The molecule has 0 aliphatic rings. The van der Waals surface area contributed by atoms with Gasteiger partial charge in [0.15, 0.2) is 12.4 Å². The second kappa shape index (κ2) is 7.59. The lowest BCUT2D eigenvalue weighted by Gasteiger charge is -2.12. The molecule has 0 radical (unpaired) electrons. The Balaban J connectivity index is 2.01. The number of rotatable bonds is 5. The minimum absolute atomic E-state index is 0.107. The highest BCUT2D eigenvalue weighted by Gasteiger charge is 2.21. The third-order valence-corrected chi connectivity index (χ3v) is 3.65. The number of carbonyl (C=O) groups excluding carboxylic acids is 2. The minimum Gasteiger partial charge on any atom is -0.377 e. The Bertz CT molecular complexity index is 709. The fourth-order valence-corrected chi connectivity index (χ4v) is 2.21. The van der Waals surface area contributed by atoms with Gasteiger partial charge in [0.05, 0.1) is 0 Å². The zero-order valence-electron chi connectivity index (χ0n) is 14.4. The normalized spacial score (nSPS) is 11.5. The fraction of sp³-hybridized carbons (Fsp3) is 0.278. The predicted molar refractivity (Wildman–Crippen MR) is 95.1 cm³/mol. The molecule has 1 heterocycles. The highest BCUT2D eigenvalue weighted by molar-refractivity contribution is 5.93. The predicted octanol–water partition coefficient (Wildman–Crippen LogP) is 2.20. The summed E-state index contributed by atoms with van der Waals surface area (Å²) >= 11 is 0. The Kier molecular flexibility index (Phi) is 5.52. The summed E-state index contributed by atoms with van der Waals surface area (Å²) in [7, 11) is 3.95. The van der Waals surface area contributed by atoms with Crippen LogP contribution in [0.4, 0.5) is 17.1 Å². The lowest BCUT2D eigenvalue weighted by molar-refractivity contribution is -0.705. The first-order chi connectivity index (χ1) is 11.4. The van der Waals surface area contributed by atoms with Crippen molar-refractivity contribution in [1.82, 2.24) is 0 Å². The Hall–Kier alpha value is -2.89. The SMILES string of the molecule is CC(=O)Nc1ccc(NC(=O)[C@@H](C)[n+]2ccc(N(C)C)cc2)cc1. The quantitative estimate of drug-likeness (QED) is 0.828. The summed E-state index contributed by atoms with van der Waals surface area (Å²) in [4.78, 5) is 25.4. The van der Waals surface area contributed by atoms with E-state index < -0.39 is 0 Å². The molecule has 6 nitrogen and oxygen atoms in total. The van der Waals surface area contributed by atoms with E-state index in [1.165, 1.54) is 6.92 Å². The van der Waals surface area contributed by atoms with Crippen LogP contribution in [0.1, 0.15) is 19.9 Å². The van der Waals surface area contributed by atoms with Crippen LogP contribution in [0.5, 0.6) is 0 Å². The van der Waals surface area contributed by atoms with E-state index in [-0.39, 0.29) is 17.9 Å². The van der Waals surface area contributed by atoms with Gasteiger partial charge in [-0.25, -0.2) is 0 Å². The third-order valence-electron chi connectivity index (χ3n) is 3.65. The van der Waals surface area contributed by atoms with Crippen LogP contribution in [-0.4, -0.2) is 25.9 Å². The van der Waals surface area contributed by atoms with Gasteiger partial charge in [-0.2, -0.15) is 4.57 Å². The van der Waals surface area contributed by atoms with E-state index in [1.807, 2.05) is 55.0 Å². The van der Waals surface area contributed by atoms with Crippen LogP contribution < -0.4 is 20.1 Å². The second-order valence-electron chi connectivity index (χ2n) is 5.82. The van der Waals surface area contributed by atoms with Gasteiger partial charge in [-0.1, -0.05) is 0 Å². The van der Waals surface area contributed by atoms with E-state index in [1.54, 1.807) is 24.3 Å². The topological polar surface area (TPSA) is 65.3 Å². The average molecular weight is 327 g/mol. The number of hydrogen-bond donors (Lipinski definition) is 2. The molecule has 0 saturated heterocycles. The monoisotopic (exact) mass is 327 g/mol. The van der Waals surface area contributed by atoms with E-state index in [9.17, 15) is 9.59 Å². The van der Waals surface area contributed by atoms with Crippen molar-refractivity contribution in [3.8, 4) is 0 Å². The van der Waals surface area contributed by atoms with Crippen molar-refractivity contribution in [2.24, 2.45) is 0 Å². The van der Waals surface area contributed by atoms with Gasteiger partial charge < -0.3 is 15.5 Å². The molecule has 24 heavy (non-hydrogen) atoms. The van der Waals surface area contributed by atoms with E-state index in [0.29, 0.717) is 11.4 Å². The molecule has 2 amide bonds. The number of aromatic nitrogens is 1. The number of amides is 2. The summed E-state index contributed by atoms with van der Waals surface area (Å²) in [6, 6.07) is 10.6. The summed E-state index contributed by atoms with van der Waals surface area (Å²) in [6.45, 7) is 3.30. The third kappa shape index (κ3) is 4.55. The van der Waals surface area contributed by atoms with Crippen LogP contribution in [0.3, 0.4) is 0 Å². The molecule has 2 aromatic rings. The van der Waals surface area contributed by atoms with Crippen molar-refractivity contribution in [2.75, 3.05) is 29.6 Å². The van der Waals surface area contributed by atoms with Crippen LogP contribution in [0.2, 0.25) is 0 Å². The Morgan fingerprint density at radius 1 is 0.958 bits per heavy atom. The Labute approximate surface area is 142 Å². The van der Waals surface area contributed by atoms with Crippen LogP contribution in [0, 0.1) is 0 Å². The lowest BCUT2D eigenvalue weighted by Crippen LogP contribution is -2.44. The molecule has 1 atom stereocenters. The van der Waals surface area contributed by atoms with Crippen molar-refractivity contribution in [2.45, 2.75) is 19.9 Å². The van der Waals surface area contributed by atoms with Gasteiger partial charge in [0, 0.05) is 57.1 Å². The van der Waals surface area contributed by atoms with Gasteiger partial charge in [0.2, 0.25) is 11.9 Å². The number of benzene rings is 1. The summed E-state index contributed by atoms with van der Waals surface area (Å²) in [5.41, 5.74) is 2.46. The van der Waals surface area contributed by atoms with E-state index >= 15 is 0 Å². The standard InChI is InChI=1S/C18H22N4O2/c1-13(22-11-9-17(10-12-22)21(3)4)18(24)20-16-7-5-15(6-8-16)19-14(2)23/h5-13H,1-4H3,(H-,19,20,23,24)/p+1/t13-/m1/s1. The lowest BCUT2D eigenvalue weighted by atomic mass is 10.2. The zero-order valence-corrected chi connectivity index (χ0v) is 14.4. The molecule has 6 heteroatoms. The van der Waals surface area contributed by atoms with Crippen LogP contribution in [-0.2, 0) is 9.59 Å². The number of hydrogen-bond acceptors (Lipinski definition) is 3. The highest BCUT2D eigenvalue weighted by atomic mass is 16.2. The first kappa shape index (κ1) is 17.5. The van der Waals surface area contributed by atoms with Crippen molar-refractivity contribution in [1.29, 1.82) is 0 Å². The maximum atomic E-state index is 12.4. The van der Waals surface area contributed by atoms with Gasteiger partial charge in [-0.15, -0.1) is 0 Å². The van der Waals surface area contributed by atoms with Gasteiger partial charge in [0.25, 0.3) is 5.91 Å². The number of nitrogens with one attached hydrogen (secondary N) is 2. The maximum Gasteiger partial charge on any atom is 0.293 e. The smallest absolute Gasteiger partial charge is 0.293 e. The van der Waals surface area contributed by atoms with Crippen molar-refractivity contribution in [3.63, 3.8) is 0 Å². The van der Waals surface area contributed by atoms with Crippen molar-refractivity contribution in [3.05, 3.63) is 48.8 Å². The molecule has 126 valence electrons. The molecule has 1 aromatic carbocycles. The summed E-state index contributed by atoms with van der Waals surface area (Å²) in [5, 5.41) is 5.56. The van der Waals surface area contributed by atoms with Crippen molar-refractivity contribution < 1.29 is 14.2 Å². The first-order valence-electron chi connectivity index (χ1n) is 7.73. The van der Waals surface area contributed by atoms with Crippen LogP contribution in [0.15, 0.2) is 48.8 Å². The average Bonchev–Trinajstić information content (AvgIpc) is 2.55. The molecule has 0 saturated carbocycles. The van der Waals surface area contributed by atoms with Crippen LogP contribution >= 0.6 is 0 Å². The molecule has 0 spiro atoms. The summed E-state index contributed by atoms with van der Waals surface area (Å²) in [6.07, 6.45) is 3.78. The molecule has 0 unspecified atom stereocenters. The highest BCUT2D eigenvalue weighted by Crippen LogP contribution is 2.15.